The molecule has 10 aromatic rings. The summed E-state index contributed by atoms with van der Waals surface area (Å²) in [6, 6.07) is 97.2. The molecule has 15 rings (SSSR count). The van der Waals surface area contributed by atoms with E-state index in [0.29, 0.717) is 0 Å². The minimum absolute atomic E-state index is 0.0258. The van der Waals surface area contributed by atoms with Crippen molar-refractivity contribution in [1.82, 2.24) is 4.98 Å². The maximum absolute atomic E-state index is 5.48. The molecule has 12 bridgehead atoms. The second-order valence-corrected chi connectivity index (χ2v) is 23.4. The maximum atomic E-state index is 5.48. The lowest BCUT2D eigenvalue weighted by Gasteiger charge is -2.39. The van der Waals surface area contributed by atoms with Gasteiger partial charge in [0.2, 0.25) is 0 Å². The summed E-state index contributed by atoms with van der Waals surface area (Å²) in [5, 5.41) is 0. The third kappa shape index (κ3) is 11.4. The van der Waals surface area contributed by atoms with Crippen molar-refractivity contribution in [1.29, 1.82) is 0 Å². The highest BCUT2D eigenvalue weighted by Gasteiger charge is 2.31. The van der Waals surface area contributed by atoms with Crippen LogP contribution in [0.25, 0.3) is 11.3 Å². The van der Waals surface area contributed by atoms with E-state index < -0.39 is 0 Å². The molecular formula is C83H69N7. The van der Waals surface area contributed by atoms with Crippen LogP contribution in [-0.4, -0.2) is 11.0 Å². The molecule has 7 heteroatoms. The molecule has 1 aromatic heterocycles. The number of para-hydroxylation sites is 5. The van der Waals surface area contributed by atoms with E-state index in [0.717, 1.165) is 135 Å². The number of aromatic nitrogens is 1. The predicted octanol–water partition coefficient (Wildman–Crippen LogP) is 21.9. The number of fused-ring (bicyclic) bond motifs is 10. The lowest BCUT2D eigenvalue weighted by atomic mass is 9.95. The molecule has 0 saturated carbocycles. The van der Waals surface area contributed by atoms with Gasteiger partial charge in [0.15, 0.2) is 0 Å². The zero-order valence-electron chi connectivity index (χ0n) is 50.3. The van der Waals surface area contributed by atoms with Crippen LogP contribution < -0.4 is 29.4 Å². The van der Waals surface area contributed by atoms with Gasteiger partial charge in [-0.25, -0.2) is 0 Å². The molecule has 2 atom stereocenters. The Morgan fingerprint density at radius 2 is 0.778 bits per heavy atom. The largest absolute Gasteiger partial charge is 0.334 e. The summed E-state index contributed by atoms with van der Waals surface area (Å²) >= 11 is 0. The van der Waals surface area contributed by atoms with Crippen molar-refractivity contribution < 1.29 is 0 Å². The number of hydrogen-bond donors (Lipinski definition) is 0. The lowest BCUT2D eigenvalue weighted by molar-refractivity contribution is 0.729. The Morgan fingerprint density at radius 1 is 0.333 bits per heavy atom. The van der Waals surface area contributed by atoms with Crippen molar-refractivity contribution in [3.63, 3.8) is 0 Å². The molecule has 7 nitrogen and oxygen atoms in total. The van der Waals surface area contributed by atoms with E-state index in [4.69, 9.17) is 4.98 Å². The molecule has 436 valence electrons. The fourth-order valence-electron chi connectivity index (χ4n) is 13.5. The molecule has 0 radical (unpaired) electrons. The summed E-state index contributed by atoms with van der Waals surface area (Å²) < 4.78 is 0. The molecule has 0 fully saturated rings. The highest BCUT2D eigenvalue weighted by atomic mass is 15.2. The van der Waals surface area contributed by atoms with Gasteiger partial charge in [-0.2, -0.15) is 0 Å². The standard InChI is InChI=1S/C83H69N7/c1-8-28-62(29-9-1)82-60-81(61-83(84-82)63-30-10-2-11-31-63)90-79-52-26-50-77(58-79)88(67-38-18-6-19-39-67)75-48-24-46-73(56-75)86(65-34-14-4-15-35-65)71-44-22-42-69(54-71)85(64-32-12-3-13-33-64)70-43-23-45-72(55-70)87(66-36-16-5-17-37-66)74-47-25-49-76(57-74)89(68-40-20-7-21-41-68)78-51-27-53-80(90)59-78/h1-23,26-30,32-46,49-54,56-61,63,70H,24-25,31,47-48,55H2. The Bertz CT molecular complexity index is 4450. The van der Waals surface area contributed by atoms with Gasteiger partial charge >= 0.3 is 0 Å². The number of pyridine rings is 1. The molecular weight excluding hydrogens is 1090 g/mol. The van der Waals surface area contributed by atoms with Crippen LogP contribution in [0.15, 0.2) is 362 Å². The van der Waals surface area contributed by atoms with Crippen LogP contribution in [0.4, 0.5) is 68.2 Å². The van der Waals surface area contributed by atoms with E-state index in [-0.39, 0.29) is 12.0 Å². The van der Waals surface area contributed by atoms with Gasteiger partial charge in [-0.15, -0.1) is 0 Å². The molecule has 90 heavy (non-hydrogen) atoms. The summed E-state index contributed by atoms with van der Waals surface area (Å²) in [7, 11) is 0. The second kappa shape index (κ2) is 25.3. The summed E-state index contributed by atoms with van der Waals surface area (Å²) in [5.74, 6) is 0.107. The summed E-state index contributed by atoms with van der Waals surface area (Å²) in [5.41, 5.74) is 21.8. The molecule has 1 aliphatic heterocycles. The average molecular weight is 1160 g/mol. The first-order valence-corrected chi connectivity index (χ1v) is 31.6. The van der Waals surface area contributed by atoms with E-state index in [1.54, 1.807) is 0 Å². The van der Waals surface area contributed by atoms with Crippen LogP contribution in [0.2, 0.25) is 0 Å². The summed E-state index contributed by atoms with van der Waals surface area (Å²) in [6.07, 6.45) is 30.6. The minimum atomic E-state index is -0.0258. The molecule has 0 amide bonds. The highest BCUT2D eigenvalue weighted by molar-refractivity contribution is 5.86. The number of benzene rings is 9. The van der Waals surface area contributed by atoms with Crippen LogP contribution in [0.3, 0.4) is 0 Å². The van der Waals surface area contributed by atoms with Gasteiger partial charge in [0.05, 0.1) is 23.1 Å². The van der Waals surface area contributed by atoms with E-state index in [1.807, 2.05) is 0 Å². The first-order chi connectivity index (χ1) is 44.6. The second-order valence-electron chi connectivity index (χ2n) is 23.4. The van der Waals surface area contributed by atoms with Crippen molar-refractivity contribution in [3.05, 3.63) is 368 Å². The number of allylic oxidation sites excluding steroid dienone is 12. The third-order valence-corrected chi connectivity index (χ3v) is 17.6. The topological polar surface area (TPSA) is 32.3 Å². The predicted molar refractivity (Wildman–Crippen MR) is 376 cm³/mol. The van der Waals surface area contributed by atoms with Crippen molar-refractivity contribution in [2.75, 3.05) is 29.4 Å². The van der Waals surface area contributed by atoms with E-state index in [1.165, 1.54) is 17.1 Å². The average Bonchev–Trinajstić information content (AvgIpc) is 3.06. The molecule has 2 heterocycles. The van der Waals surface area contributed by atoms with Crippen molar-refractivity contribution in [2.45, 2.75) is 50.5 Å². The molecule has 5 aliphatic rings. The smallest absolute Gasteiger partial charge is 0.0726 e. The number of hydrogen-bond acceptors (Lipinski definition) is 7. The monoisotopic (exact) mass is 1160 g/mol. The number of rotatable bonds is 8. The van der Waals surface area contributed by atoms with Crippen molar-refractivity contribution in [2.24, 2.45) is 0 Å². The molecule has 4 aliphatic carbocycles. The third-order valence-electron chi connectivity index (χ3n) is 17.6. The first-order valence-electron chi connectivity index (χ1n) is 31.6. The van der Waals surface area contributed by atoms with E-state index >= 15 is 0 Å². The Labute approximate surface area is 529 Å². The fraction of sp³-hybridized carbons (Fsp3) is 0.0964. The number of nitrogens with zero attached hydrogens (tertiary/aromatic N) is 7. The highest BCUT2D eigenvalue weighted by Crippen LogP contribution is 2.47. The molecule has 9 aromatic carbocycles. The molecule has 0 saturated heterocycles. The summed E-state index contributed by atoms with van der Waals surface area (Å²) in [4.78, 5) is 20.4. The van der Waals surface area contributed by atoms with Crippen LogP contribution in [-0.2, 0) is 0 Å². The molecule has 2 unspecified atom stereocenters. The van der Waals surface area contributed by atoms with Gasteiger partial charge in [0.1, 0.15) is 0 Å². The van der Waals surface area contributed by atoms with Gasteiger partial charge in [0.25, 0.3) is 0 Å². The Balaban J connectivity index is 0.979. The first kappa shape index (κ1) is 55.4. The van der Waals surface area contributed by atoms with Crippen molar-refractivity contribution in [3.8, 4) is 11.3 Å². The van der Waals surface area contributed by atoms with Gasteiger partial charge in [-0.1, -0.05) is 188 Å². The molecule has 0 spiro atoms. The Kier molecular flexibility index (Phi) is 15.6. The van der Waals surface area contributed by atoms with Crippen LogP contribution in [0.5, 0.6) is 0 Å². The van der Waals surface area contributed by atoms with E-state index in [9.17, 15) is 0 Å². The maximum Gasteiger partial charge on any atom is 0.0726 e. The van der Waals surface area contributed by atoms with Gasteiger partial charge in [0, 0.05) is 109 Å². The lowest BCUT2D eigenvalue weighted by Crippen LogP contribution is -2.35. The van der Waals surface area contributed by atoms with E-state index in [2.05, 4.69) is 363 Å². The zero-order chi connectivity index (χ0) is 60.0. The number of anilines is 12. The SMILES string of the molecule is C1=CCC(c2cc(N3c4cccc(c4)N(c4ccccc4)C4=CCCC(=C4)N(c4ccccc4)C4=CC=CC(C4)N(c4ccccc4)c4cccc(c4)N(c4ccccc4)C4=CCCC(=C4)N(c4ccccc4)c4cccc3c4)cc(-c3ccccc3)n2)C=C1. The zero-order valence-corrected chi connectivity index (χ0v) is 50.3. The van der Waals surface area contributed by atoms with Crippen molar-refractivity contribution >= 4 is 68.2 Å². The molecule has 0 N–H and O–H groups in total. The van der Waals surface area contributed by atoms with Crippen LogP contribution >= 0.6 is 0 Å². The van der Waals surface area contributed by atoms with Gasteiger partial charge in [-0.3, -0.25) is 4.98 Å². The normalized spacial score (nSPS) is 17.4. The van der Waals surface area contributed by atoms with Crippen LogP contribution in [0, 0.1) is 0 Å². The van der Waals surface area contributed by atoms with Gasteiger partial charge < -0.3 is 29.4 Å². The van der Waals surface area contributed by atoms with Gasteiger partial charge in [-0.05, 0) is 178 Å². The quantitative estimate of drug-likeness (QED) is 0.150. The fourth-order valence-corrected chi connectivity index (χ4v) is 13.5. The van der Waals surface area contributed by atoms with Crippen LogP contribution in [0.1, 0.15) is 50.1 Å². The Morgan fingerprint density at radius 3 is 1.31 bits per heavy atom. The summed E-state index contributed by atoms with van der Waals surface area (Å²) in [6.45, 7) is 0. The minimum Gasteiger partial charge on any atom is -0.334 e. The Hall–Kier alpha value is -11.2.